The van der Waals surface area contributed by atoms with Crippen LogP contribution in [0.5, 0.6) is 5.75 Å². The van der Waals surface area contributed by atoms with Gasteiger partial charge in [0.05, 0.1) is 24.3 Å². The van der Waals surface area contributed by atoms with Gasteiger partial charge in [0.2, 0.25) is 5.91 Å². The molecule has 3 aromatic rings. The molecule has 1 aromatic heterocycles. The molecular formula is C27H30N4O4. The summed E-state index contributed by atoms with van der Waals surface area (Å²) in [5, 5.41) is 20.6. The van der Waals surface area contributed by atoms with Crippen LogP contribution in [0.15, 0.2) is 54.6 Å². The van der Waals surface area contributed by atoms with Gasteiger partial charge in [-0.1, -0.05) is 35.0 Å². The average Bonchev–Trinajstić information content (AvgIpc) is 3.23. The first-order chi connectivity index (χ1) is 16.9. The van der Waals surface area contributed by atoms with Gasteiger partial charge in [-0.3, -0.25) is 9.59 Å². The van der Waals surface area contributed by atoms with Gasteiger partial charge in [-0.25, -0.2) is 4.68 Å². The molecule has 182 valence electrons. The molecule has 0 unspecified atom stereocenters. The molecule has 2 N–H and O–H groups in total. The van der Waals surface area contributed by atoms with E-state index in [-0.39, 0.29) is 24.5 Å². The zero-order valence-electron chi connectivity index (χ0n) is 20.0. The van der Waals surface area contributed by atoms with Crippen molar-refractivity contribution in [2.45, 2.75) is 45.3 Å². The molecule has 0 spiro atoms. The van der Waals surface area contributed by atoms with Gasteiger partial charge < -0.3 is 15.2 Å². The number of benzene rings is 2. The third kappa shape index (κ3) is 6.35. The molecule has 1 heterocycles. The molecule has 4 rings (SSSR count). The topological polar surface area (TPSA) is 106 Å². The molecule has 0 aliphatic heterocycles. The van der Waals surface area contributed by atoms with Gasteiger partial charge in [0.15, 0.2) is 0 Å². The fourth-order valence-electron chi connectivity index (χ4n) is 4.24. The molecule has 2 atom stereocenters. The Hall–Kier alpha value is -3.94. The van der Waals surface area contributed by atoms with Crippen LogP contribution < -0.4 is 10.1 Å². The predicted molar refractivity (Wildman–Crippen MR) is 133 cm³/mol. The zero-order valence-corrected chi connectivity index (χ0v) is 20.0. The Labute approximate surface area is 204 Å². The van der Waals surface area contributed by atoms with Gasteiger partial charge in [0.25, 0.3) is 0 Å². The first kappa shape index (κ1) is 24.2. The molecule has 1 fully saturated rings. The lowest BCUT2D eigenvalue weighted by Crippen LogP contribution is -2.29. The van der Waals surface area contributed by atoms with E-state index in [1.54, 1.807) is 17.8 Å². The molecule has 0 radical (unpaired) electrons. The number of hydrogen-bond donors (Lipinski definition) is 2. The maximum Gasteiger partial charge on any atom is 0.306 e. The summed E-state index contributed by atoms with van der Waals surface area (Å²) in [7, 11) is 1.79. The van der Waals surface area contributed by atoms with E-state index in [1.165, 1.54) is 11.6 Å². The minimum absolute atomic E-state index is 0.0917. The average molecular weight is 475 g/mol. The number of nitrogens with one attached hydrogen (secondary N) is 1. The van der Waals surface area contributed by atoms with E-state index in [0.29, 0.717) is 24.3 Å². The van der Waals surface area contributed by atoms with Crippen molar-refractivity contribution < 1.29 is 19.4 Å². The third-order valence-electron chi connectivity index (χ3n) is 6.28. The van der Waals surface area contributed by atoms with Gasteiger partial charge in [0, 0.05) is 18.7 Å². The summed E-state index contributed by atoms with van der Waals surface area (Å²) in [5.74, 6) is -0.586. The smallest absolute Gasteiger partial charge is 0.306 e. The number of amides is 1. The lowest BCUT2D eigenvalue weighted by Gasteiger charge is -2.27. The maximum absolute atomic E-state index is 12.3. The molecule has 1 aliphatic carbocycles. The van der Waals surface area contributed by atoms with Gasteiger partial charge in [-0.05, 0) is 68.5 Å². The molecular weight excluding hydrogens is 444 g/mol. The van der Waals surface area contributed by atoms with Crippen LogP contribution in [-0.4, -0.2) is 38.1 Å². The Bertz CT molecular complexity index is 1200. The number of aliphatic carboxylic acids is 1. The van der Waals surface area contributed by atoms with E-state index in [1.807, 2.05) is 55.5 Å². The SMILES string of the molecule is Cc1ccc(/C=C/C(=O)NCc2c(-c3ccc(O[C@H]4CCC[C@H](C(=O)O)C4)cc3)nnn2C)cc1. The van der Waals surface area contributed by atoms with Crippen LogP contribution in [0.3, 0.4) is 0 Å². The molecule has 35 heavy (non-hydrogen) atoms. The number of carboxylic acid groups (broad SMARTS) is 1. The summed E-state index contributed by atoms with van der Waals surface area (Å²) in [6.07, 6.45) is 6.16. The normalized spacial score (nSPS) is 17.9. The van der Waals surface area contributed by atoms with Crippen LogP contribution in [0.1, 0.15) is 42.5 Å². The van der Waals surface area contributed by atoms with E-state index >= 15 is 0 Å². The third-order valence-corrected chi connectivity index (χ3v) is 6.28. The Kier molecular flexibility index (Phi) is 7.60. The Balaban J connectivity index is 1.37. The minimum atomic E-state index is -0.749. The zero-order chi connectivity index (χ0) is 24.8. The first-order valence-corrected chi connectivity index (χ1v) is 11.8. The summed E-state index contributed by atoms with van der Waals surface area (Å²) in [6, 6.07) is 15.5. The summed E-state index contributed by atoms with van der Waals surface area (Å²) in [4.78, 5) is 23.6. The second-order valence-corrected chi connectivity index (χ2v) is 8.94. The van der Waals surface area contributed by atoms with Crippen molar-refractivity contribution in [3.63, 3.8) is 0 Å². The number of nitrogens with zero attached hydrogens (tertiary/aromatic N) is 3. The number of carbonyl (C=O) groups is 2. The molecule has 8 heteroatoms. The van der Waals surface area contributed by atoms with Crippen molar-refractivity contribution in [2.24, 2.45) is 13.0 Å². The van der Waals surface area contributed by atoms with Crippen molar-refractivity contribution in [1.82, 2.24) is 20.3 Å². The standard InChI is InChI=1S/C27H30N4O4/c1-18-6-8-19(9-7-18)10-15-25(32)28-17-24-26(29-30-31(24)2)20-11-13-22(14-12-20)35-23-5-3-4-21(16-23)27(33)34/h6-15,21,23H,3-5,16-17H2,1-2H3,(H,28,32)(H,33,34)/b15-10+/t21-,23-/m0/s1. The minimum Gasteiger partial charge on any atom is -0.490 e. The monoisotopic (exact) mass is 474 g/mol. The fourth-order valence-corrected chi connectivity index (χ4v) is 4.24. The van der Waals surface area contributed by atoms with Crippen LogP contribution in [0.25, 0.3) is 17.3 Å². The van der Waals surface area contributed by atoms with Crippen LogP contribution >= 0.6 is 0 Å². The number of hydrogen-bond acceptors (Lipinski definition) is 5. The van der Waals surface area contributed by atoms with E-state index in [4.69, 9.17) is 4.74 Å². The maximum atomic E-state index is 12.3. The van der Waals surface area contributed by atoms with E-state index in [0.717, 1.165) is 29.7 Å². The van der Waals surface area contributed by atoms with E-state index < -0.39 is 5.97 Å². The number of rotatable bonds is 8. The molecule has 1 saturated carbocycles. The molecule has 0 saturated heterocycles. The largest absolute Gasteiger partial charge is 0.490 e. The fraction of sp³-hybridized carbons (Fsp3) is 0.333. The second kappa shape index (κ2) is 11.0. The van der Waals surface area contributed by atoms with E-state index in [9.17, 15) is 14.7 Å². The molecule has 1 amide bonds. The number of carboxylic acids is 1. The quantitative estimate of drug-likeness (QED) is 0.475. The van der Waals surface area contributed by atoms with Crippen molar-refractivity contribution >= 4 is 18.0 Å². The van der Waals surface area contributed by atoms with Crippen LogP contribution in [0.2, 0.25) is 0 Å². The Morgan fingerprint density at radius 2 is 1.89 bits per heavy atom. The molecule has 2 aromatic carbocycles. The van der Waals surface area contributed by atoms with Crippen molar-refractivity contribution in [3.8, 4) is 17.0 Å². The van der Waals surface area contributed by atoms with Gasteiger partial charge >= 0.3 is 5.97 Å². The van der Waals surface area contributed by atoms with Gasteiger partial charge in [0.1, 0.15) is 11.4 Å². The Morgan fingerprint density at radius 3 is 2.60 bits per heavy atom. The highest BCUT2D eigenvalue weighted by Gasteiger charge is 2.28. The number of carbonyl (C=O) groups excluding carboxylic acids is 1. The molecule has 0 bridgehead atoms. The highest BCUT2D eigenvalue weighted by molar-refractivity contribution is 5.91. The summed E-state index contributed by atoms with van der Waals surface area (Å²) < 4.78 is 7.69. The summed E-state index contributed by atoms with van der Waals surface area (Å²) in [5.41, 5.74) is 4.46. The predicted octanol–water partition coefficient (Wildman–Crippen LogP) is 4.14. The highest BCUT2D eigenvalue weighted by atomic mass is 16.5. The number of aromatic nitrogens is 3. The molecule has 8 nitrogen and oxygen atoms in total. The van der Waals surface area contributed by atoms with Crippen LogP contribution in [-0.2, 0) is 23.2 Å². The lowest BCUT2D eigenvalue weighted by molar-refractivity contribution is -0.143. The number of aryl methyl sites for hydroxylation is 2. The Morgan fingerprint density at radius 1 is 1.14 bits per heavy atom. The summed E-state index contributed by atoms with van der Waals surface area (Å²) in [6.45, 7) is 2.31. The second-order valence-electron chi connectivity index (χ2n) is 8.94. The first-order valence-electron chi connectivity index (χ1n) is 11.8. The molecule has 1 aliphatic rings. The highest BCUT2D eigenvalue weighted by Crippen LogP contribution is 2.29. The van der Waals surface area contributed by atoms with Crippen LogP contribution in [0, 0.1) is 12.8 Å². The number of ether oxygens (including phenoxy) is 1. The van der Waals surface area contributed by atoms with Crippen molar-refractivity contribution in [3.05, 3.63) is 71.4 Å². The van der Waals surface area contributed by atoms with Gasteiger partial charge in [-0.2, -0.15) is 0 Å². The van der Waals surface area contributed by atoms with Crippen molar-refractivity contribution in [1.29, 1.82) is 0 Å². The summed E-state index contributed by atoms with van der Waals surface area (Å²) >= 11 is 0. The van der Waals surface area contributed by atoms with Gasteiger partial charge in [-0.15, -0.1) is 5.10 Å². The lowest BCUT2D eigenvalue weighted by atomic mass is 9.87. The van der Waals surface area contributed by atoms with Crippen molar-refractivity contribution in [2.75, 3.05) is 0 Å². The van der Waals surface area contributed by atoms with Crippen LogP contribution in [0.4, 0.5) is 0 Å². The van der Waals surface area contributed by atoms with E-state index in [2.05, 4.69) is 15.6 Å².